The minimum atomic E-state index is -4.58. The number of halogens is 3. The van der Waals surface area contributed by atoms with Crippen LogP contribution in [0.25, 0.3) is 0 Å². The number of hydrogen-bond acceptors (Lipinski definition) is 6. The molecule has 2 fully saturated rings. The maximum absolute atomic E-state index is 13.5. The molecule has 4 rings (SSSR count). The van der Waals surface area contributed by atoms with E-state index in [0.717, 1.165) is 25.7 Å². The molecular formula is C26H33F3N6O4. The van der Waals surface area contributed by atoms with Gasteiger partial charge in [0, 0.05) is 30.9 Å². The number of hydrogen-bond donors (Lipinski definition) is 3. The Kier molecular flexibility index (Phi) is 8.45. The molecule has 2 aliphatic rings. The molecule has 0 aromatic carbocycles. The van der Waals surface area contributed by atoms with Crippen LogP contribution in [0.15, 0.2) is 30.6 Å². The van der Waals surface area contributed by atoms with E-state index in [9.17, 15) is 27.6 Å². The van der Waals surface area contributed by atoms with E-state index in [0.29, 0.717) is 11.6 Å². The second-order valence-electron chi connectivity index (χ2n) is 10.5. The van der Waals surface area contributed by atoms with E-state index in [1.54, 1.807) is 10.7 Å². The van der Waals surface area contributed by atoms with Crippen molar-refractivity contribution >= 4 is 23.5 Å². The minimum Gasteiger partial charge on any atom is -0.480 e. The van der Waals surface area contributed by atoms with Gasteiger partial charge in [0.15, 0.2) is 6.10 Å². The van der Waals surface area contributed by atoms with Gasteiger partial charge in [-0.05, 0) is 50.7 Å². The molecule has 212 valence electrons. The normalized spacial score (nSPS) is 24.2. The lowest BCUT2D eigenvalue weighted by Crippen LogP contribution is -2.49. The molecule has 13 heteroatoms. The zero-order chi connectivity index (χ0) is 28.3. The van der Waals surface area contributed by atoms with E-state index in [1.165, 1.54) is 24.5 Å². The van der Waals surface area contributed by atoms with Crippen LogP contribution in [-0.2, 0) is 9.59 Å². The highest BCUT2D eigenvalue weighted by molar-refractivity contribution is 6.00. The second-order valence-corrected chi connectivity index (χ2v) is 10.5. The Balaban J connectivity index is 1.47. The fourth-order valence-electron chi connectivity index (χ4n) is 5.02. The lowest BCUT2D eigenvalue weighted by molar-refractivity contribution is -0.155. The first-order valence-electron chi connectivity index (χ1n) is 13.1. The van der Waals surface area contributed by atoms with Crippen LogP contribution in [0.5, 0.6) is 5.75 Å². The van der Waals surface area contributed by atoms with E-state index in [-0.39, 0.29) is 23.5 Å². The summed E-state index contributed by atoms with van der Waals surface area (Å²) in [6.45, 7) is 5.95. The van der Waals surface area contributed by atoms with Gasteiger partial charge in [-0.1, -0.05) is 19.8 Å². The quantitative estimate of drug-likeness (QED) is 0.461. The zero-order valence-corrected chi connectivity index (χ0v) is 22.0. The van der Waals surface area contributed by atoms with Gasteiger partial charge in [-0.3, -0.25) is 19.1 Å². The van der Waals surface area contributed by atoms with Gasteiger partial charge in [-0.2, -0.15) is 18.3 Å². The lowest BCUT2D eigenvalue weighted by atomic mass is 9.79. The maximum atomic E-state index is 13.5. The summed E-state index contributed by atoms with van der Waals surface area (Å²) < 4.78 is 46.0. The third-order valence-corrected chi connectivity index (χ3v) is 7.21. The molecule has 2 aromatic rings. The van der Waals surface area contributed by atoms with Crippen LogP contribution in [0.1, 0.15) is 69.4 Å². The van der Waals surface area contributed by atoms with Crippen molar-refractivity contribution in [1.29, 1.82) is 0 Å². The van der Waals surface area contributed by atoms with E-state index < -0.39 is 48.5 Å². The van der Waals surface area contributed by atoms with Gasteiger partial charge in [-0.25, -0.2) is 4.98 Å². The zero-order valence-electron chi connectivity index (χ0n) is 22.0. The largest absolute Gasteiger partial charge is 0.480 e. The molecule has 1 saturated carbocycles. The monoisotopic (exact) mass is 550 g/mol. The molecule has 1 aliphatic carbocycles. The molecule has 0 radical (unpaired) electrons. The molecule has 0 bridgehead atoms. The first-order valence-corrected chi connectivity index (χ1v) is 13.1. The van der Waals surface area contributed by atoms with Crippen LogP contribution < -0.4 is 20.7 Å². The highest BCUT2D eigenvalue weighted by atomic mass is 19.4. The number of alkyl halides is 3. The molecule has 2 aromatic heterocycles. The maximum Gasteiger partial charge on any atom is 0.408 e. The van der Waals surface area contributed by atoms with E-state index >= 15 is 0 Å². The number of amides is 3. The number of nitrogens with one attached hydrogen (secondary N) is 3. The average molecular weight is 551 g/mol. The fraction of sp³-hybridized carbons (Fsp3) is 0.577. The standard InChI is InChI=1S/C26H33F3N6O4/c1-14(2)35-18(9-11-31-35)23(36)34-22(16-6-4-15(3)5-7-16)25(38)33-21-12-17(8-10-30-21)39-19-13-20(26(27,28)29)32-24(19)37/h8-12,14-16,19-20,22H,4-7,13H2,1-3H3,(H,32,37)(H,34,36)(H,30,33,38)/t15?,16?,19-,20-,22-/m0/s1. The molecule has 0 unspecified atom stereocenters. The van der Waals surface area contributed by atoms with Crippen LogP contribution in [0.4, 0.5) is 19.0 Å². The minimum absolute atomic E-state index is 0.0520. The molecule has 3 N–H and O–H groups in total. The summed E-state index contributed by atoms with van der Waals surface area (Å²) in [6, 6.07) is 1.44. The van der Waals surface area contributed by atoms with E-state index in [4.69, 9.17) is 4.74 Å². The Hall–Kier alpha value is -3.64. The topological polar surface area (TPSA) is 127 Å². The smallest absolute Gasteiger partial charge is 0.408 e. The van der Waals surface area contributed by atoms with Crippen molar-refractivity contribution in [1.82, 2.24) is 25.4 Å². The number of carbonyl (C=O) groups excluding carboxylic acids is 3. The Bertz CT molecular complexity index is 1190. The molecule has 3 heterocycles. The van der Waals surface area contributed by atoms with Gasteiger partial charge in [0.1, 0.15) is 29.3 Å². The van der Waals surface area contributed by atoms with Crippen LogP contribution in [0.2, 0.25) is 0 Å². The molecule has 10 nitrogen and oxygen atoms in total. The number of nitrogens with zero attached hydrogens (tertiary/aromatic N) is 3. The number of ether oxygens (including phenoxy) is 1. The molecule has 3 atom stereocenters. The van der Waals surface area contributed by atoms with Gasteiger partial charge in [0.2, 0.25) is 5.91 Å². The molecule has 39 heavy (non-hydrogen) atoms. The second kappa shape index (κ2) is 11.6. The van der Waals surface area contributed by atoms with Gasteiger partial charge >= 0.3 is 6.18 Å². The summed E-state index contributed by atoms with van der Waals surface area (Å²) in [5, 5.41) is 11.7. The van der Waals surface area contributed by atoms with Crippen molar-refractivity contribution in [2.75, 3.05) is 5.32 Å². The first kappa shape index (κ1) is 28.4. The number of carbonyl (C=O) groups is 3. The van der Waals surface area contributed by atoms with Crippen molar-refractivity contribution in [3.8, 4) is 5.75 Å². The van der Waals surface area contributed by atoms with Crippen LogP contribution >= 0.6 is 0 Å². The number of aromatic nitrogens is 3. The molecule has 1 aliphatic heterocycles. The first-order chi connectivity index (χ1) is 18.4. The SMILES string of the molecule is CC1CCC([C@H](NC(=O)c2ccnn2C(C)C)C(=O)Nc2cc(O[C@H]3C[C@@H](C(F)(F)F)NC3=O)ccn2)CC1. The Morgan fingerprint density at radius 3 is 2.51 bits per heavy atom. The van der Waals surface area contributed by atoms with Gasteiger partial charge in [-0.15, -0.1) is 0 Å². The van der Waals surface area contributed by atoms with E-state index in [2.05, 4.69) is 27.6 Å². The number of anilines is 1. The molecule has 1 saturated heterocycles. The van der Waals surface area contributed by atoms with Gasteiger partial charge < -0.3 is 20.7 Å². The summed E-state index contributed by atoms with van der Waals surface area (Å²) >= 11 is 0. The Morgan fingerprint density at radius 2 is 1.87 bits per heavy atom. The summed E-state index contributed by atoms with van der Waals surface area (Å²) in [7, 11) is 0. The third kappa shape index (κ3) is 6.87. The van der Waals surface area contributed by atoms with Gasteiger partial charge in [0.05, 0.1) is 0 Å². The predicted octanol–water partition coefficient (Wildman–Crippen LogP) is 3.62. The molecule has 3 amide bonds. The van der Waals surface area contributed by atoms with Gasteiger partial charge in [0.25, 0.3) is 11.8 Å². The lowest BCUT2D eigenvalue weighted by Gasteiger charge is -2.32. The van der Waals surface area contributed by atoms with Crippen LogP contribution in [-0.4, -0.2) is 56.8 Å². The Morgan fingerprint density at radius 1 is 1.15 bits per heavy atom. The number of pyridine rings is 1. The van der Waals surface area contributed by atoms with Crippen molar-refractivity contribution < 1.29 is 32.3 Å². The third-order valence-electron chi connectivity index (χ3n) is 7.21. The van der Waals surface area contributed by atoms with Crippen LogP contribution in [0, 0.1) is 11.8 Å². The summed E-state index contributed by atoms with van der Waals surface area (Å²) in [5.41, 5.74) is 0.340. The predicted molar refractivity (Wildman–Crippen MR) is 135 cm³/mol. The van der Waals surface area contributed by atoms with Crippen molar-refractivity contribution in [2.24, 2.45) is 11.8 Å². The highest BCUT2D eigenvalue weighted by Gasteiger charge is 2.48. The molecule has 0 spiro atoms. The fourth-order valence-corrected chi connectivity index (χ4v) is 5.02. The van der Waals surface area contributed by atoms with Crippen LogP contribution in [0.3, 0.4) is 0 Å². The van der Waals surface area contributed by atoms with Crippen molar-refractivity contribution in [2.45, 2.75) is 83.3 Å². The van der Waals surface area contributed by atoms with E-state index in [1.807, 2.05) is 19.2 Å². The number of rotatable bonds is 8. The highest BCUT2D eigenvalue weighted by Crippen LogP contribution is 2.32. The van der Waals surface area contributed by atoms with Crippen molar-refractivity contribution in [3.05, 3.63) is 36.3 Å². The Labute approximate surface area is 224 Å². The van der Waals surface area contributed by atoms with Crippen molar-refractivity contribution in [3.63, 3.8) is 0 Å². The summed E-state index contributed by atoms with van der Waals surface area (Å²) in [4.78, 5) is 42.7. The summed E-state index contributed by atoms with van der Waals surface area (Å²) in [5.74, 6) is -1.16. The molecular weight excluding hydrogens is 517 g/mol. The average Bonchev–Trinajstić information content (AvgIpc) is 3.51. The summed E-state index contributed by atoms with van der Waals surface area (Å²) in [6.07, 6.45) is -0.241.